The Balaban J connectivity index is 1.81. The van der Waals surface area contributed by atoms with Crippen molar-refractivity contribution in [2.75, 3.05) is 7.11 Å². The lowest BCUT2D eigenvalue weighted by Gasteiger charge is -2.18. The van der Waals surface area contributed by atoms with Gasteiger partial charge in [0.1, 0.15) is 17.2 Å². The van der Waals surface area contributed by atoms with Gasteiger partial charge in [-0.15, -0.1) is 0 Å². The highest BCUT2D eigenvalue weighted by Gasteiger charge is 2.24. The summed E-state index contributed by atoms with van der Waals surface area (Å²) in [4.78, 5) is 19.0. The van der Waals surface area contributed by atoms with E-state index in [2.05, 4.69) is 16.0 Å². The van der Waals surface area contributed by atoms with E-state index in [0.717, 1.165) is 28.6 Å². The average Bonchev–Trinajstić information content (AvgIpc) is 3.12. The monoisotopic (exact) mass is 366 g/mol. The zero-order valence-corrected chi connectivity index (χ0v) is 14.8. The topological polar surface area (TPSA) is 75.2 Å². The maximum Gasteiger partial charge on any atom is 0.306 e. The number of nitrogens with one attached hydrogen (secondary N) is 1. The number of hydrogen-bond donors (Lipinski definition) is 2. The molecule has 1 aromatic carbocycles. The number of carboxylic acids is 1. The van der Waals surface area contributed by atoms with Crippen molar-refractivity contribution in [1.29, 1.82) is 0 Å². The third-order valence-electron chi connectivity index (χ3n) is 5.05. The zero-order valence-electron chi connectivity index (χ0n) is 14.8. The molecule has 0 saturated heterocycles. The molecule has 1 aliphatic rings. The van der Waals surface area contributed by atoms with Crippen molar-refractivity contribution >= 4 is 22.6 Å². The molecule has 0 aliphatic heterocycles. The number of aliphatic carboxylic acids is 1. The van der Waals surface area contributed by atoms with E-state index in [1.54, 1.807) is 19.4 Å². The number of rotatable bonds is 4. The van der Waals surface area contributed by atoms with Gasteiger partial charge in [0, 0.05) is 22.8 Å². The molecule has 27 heavy (non-hydrogen) atoms. The molecule has 0 spiro atoms. The first-order chi connectivity index (χ1) is 13.1. The van der Waals surface area contributed by atoms with E-state index < -0.39 is 5.97 Å². The van der Waals surface area contributed by atoms with Gasteiger partial charge in [-0.25, -0.2) is 9.37 Å². The third-order valence-corrected chi connectivity index (χ3v) is 5.05. The molecule has 0 bridgehead atoms. The molecule has 1 aliphatic carbocycles. The van der Waals surface area contributed by atoms with Crippen LogP contribution in [0.15, 0.2) is 42.6 Å². The minimum absolute atomic E-state index is 0.342. The van der Waals surface area contributed by atoms with Crippen LogP contribution in [0.25, 0.3) is 27.7 Å². The molecule has 4 rings (SSSR count). The molecule has 2 aromatic heterocycles. The number of aromatic nitrogens is 2. The van der Waals surface area contributed by atoms with Crippen molar-refractivity contribution < 1.29 is 19.0 Å². The molecule has 0 fully saturated rings. The number of benzene rings is 1. The van der Waals surface area contributed by atoms with Crippen molar-refractivity contribution in [3.05, 3.63) is 54.1 Å². The molecule has 3 aromatic rings. The van der Waals surface area contributed by atoms with Gasteiger partial charge in [-0.3, -0.25) is 4.79 Å². The highest BCUT2D eigenvalue weighted by molar-refractivity contribution is 5.97. The van der Waals surface area contributed by atoms with Crippen molar-refractivity contribution in [3.63, 3.8) is 0 Å². The Kier molecular flexibility index (Phi) is 4.39. The average molecular weight is 366 g/mol. The Morgan fingerprint density at radius 2 is 2.15 bits per heavy atom. The van der Waals surface area contributed by atoms with E-state index in [0.29, 0.717) is 29.8 Å². The first-order valence-corrected chi connectivity index (χ1v) is 8.80. The van der Waals surface area contributed by atoms with Crippen LogP contribution in [0, 0.1) is 11.7 Å². The fourth-order valence-corrected chi connectivity index (χ4v) is 3.67. The van der Waals surface area contributed by atoms with E-state index in [-0.39, 0.29) is 11.7 Å². The zero-order chi connectivity index (χ0) is 19.0. The van der Waals surface area contributed by atoms with Crippen molar-refractivity contribution in [3.8, 4) is 16.9 Å². The quantitative estimate of drug-likeness (QED) is 0.705. The number of H-pyrrole nitrogens is 1. The lowest BCUT2D eigenvalue weighted by molar-refractivity contribution is -0.141. The molecule has 138 valence electrons. The molecule has 6 heteroatoms. The summed E-state index contributed by atoms with van der Waals surface area (Å²) in [7, 11) is 1.55. The van der Waals surface area contributed by atoms with Crippen molar-refractivity contribution in [2.24, 2.45) is 5.92 Å². The second kappa shape index (κ2) is 6.87. The second-order valence-corrected chi connectivity index (χ2v) is 6.69. The highest BCUT2D eigenvalue weighted by atomic mass is 19.1. The normalized spacial score (nSPS) is 17.0. The van der Waals surface area contributed by atoms with Crippen molar-refractivity contribution in [1.82, 2.24) is 9.97 Å². The molecular formula is C21H19FN2O3. The van der Waals surface area contributed by atoms with Gasteiger partial charge in [0.15, 0.2) is 0 Å². The molecule has 2 N–H and O–H groups in total. The fourth-order valence-electron chi connectivity index (χ4n) is 3.67. The van der Waals surface area contributed by atoms with Crippen LogP contribution in [0.4, 0.5) is 4.39 Å². The number of aromatic amines is 1. The summed E-state index contributed by atoms with van der Waals surface area (Å²) in [5, 5.41) is 10.2. The number of allylic oxidation sites excluding steroid dienone is 2. The lowest BCUT2D eigenvalue weighted by atomic mass is 9.87. The largest absolute Gasteiger partial charge is 0.496 e. The van der Waals surface area contributed by atoms with Crippen LogP contribution < -0.4 is 4.74 Å². The molecule has 1 unspecified atom stereocenters. The number of hydrogen-bond acceptors (Lipinski definition) is 3. The van der Waals surface area contributed by atoms with Gasteiger partial charge in [0.25, 0.3) is 0 Å². The summed E-state index contributed by atoms with van der Waals surface area (Å²) in [6, 6.07) is 8.19. The standard InChI is InChI=1S/C21H19FN2O3/c1-27-19-6-5-14(22)10-16(19)15-7-8-23-20-17(15)11-18(24-20)12-3-2-4-13(9-12)21(25)26/h3,5-8,10-11,13H,2,4,9H2,1H3,(H,23,24)(H,25,26). The van der Waals surface area contributed by atoms with Crippen LogP contribution in [0.3, 0.4) is 0 Å². The number of carbonyl (C=O) groups is 1. The highest BCUT2D eigenvalue weighted by Crippen LogP contribution is 2.37. The molecule has 2 heterocycles. The molecule has 1 atom stereocenters. The summed E-state index contributed by atoms with van der Waals surface area (Å²) in [6.45, 7) is 0. The Morgan fingerprint density at radius 1 is 1.30 bits per heavy atom. The maximum atomic E-state index is 13.8. The van der Waals surface area contributed by atoms with E-state index in [1.807, 2.05) is 12.1 Å². The number of pyridine rings is 1. The Bertz CT molecular complexity index is 1050. The minimum Gasteiger partial charge on any atom is -0.496 e. The second-order valence-electron chi connectivity index (χ2n) is 6.69. The van der Waals surface area contributed by atoms with Crippen LogP contribution >= 0.6 is 0 Å². The van der Waals surface area contributed by atoms with E-state index in [4.69, 9.17) is 4.74 Å². The van der Waals surface area contributed by atoms with E-state index in [9.17, 15) is 14.3 Å². The van der Waals surface area contributed by atoms with E-state index in [1.165, 1.54) is 12.1 Å². The molecule has 0 amide bonds. The van der Waals surface area contributed by atoms with Gasteiger partial charge in [0.2, 0.25) is 0 Å². The first kappa shape index (κ1) is 17.3. The Labute approximate surface area is 155 Å². The number of carboxylic acid groups (broad SMARTS) is 1. The van der Waals surface area contributed by atoms with Crippen LogP contribution in [-0.2, 0) is 4.79 Å². The Morgan fingerprint density at radius 3 is 2.93 bits per heavy atom. The van der Waals surface area contributed by atoms with Gasteiger partial charge < -0.3 is 14.8 Å². The van der Waals surface area contributed by atoms with Crippen LogP contribution in [0.1, 0.15) is 25.0 Å². The summed E-state index contributed by atoms with van der Waals surface area (Å²) in [5.74, 6) is -0.896. The van der Waals surface area contributed by atoms with Crippen molar-refractivity contribution in [2.45, 2.75) is 19.3 Å². The van der Waals surface area contributed by atoms with E-state index >= 15 is 0 Å². The number of fused-ring (bicyclic) bond motifs is 1. The van der Waals surface area contributed by atoms with Gasteiger partial charge in [-0.05, 0) is 60.7 Å². The molecule has 0 saturated carbocycles. The van der Waals surface area contributed by atoms with Crippen LogP contribution in [-0.4, -0.2) is 28.2 Å². The molecular weight excluding hydrogens is 347 g/mol. The van der Waals surface area contributed by atoms with Crippen LogP contribution in [0.2, 0.25) is 0 Å². The molecule has 0 radical (unpaired) electrons. The fraction of sp³-hybridized carbons (Fsp3) is 0.238. The van der Waals surface area contributed by atoms with Gasteiger partial charge in [-0.1, -0.05) is 6.08 Å². The minimum atomic E-state index is -0.764. The summed E-state index contributed by atoms with van der Waals surface area (Å²) in [5.41, 5.74) is 3.96. The van der Waals surface area contributed by atoms with Gasteiger partial charge in [0.05, 0.1) is 13.0 Å². The number of halogens is 1. The number of methoxy groups -OCH3 is 1. The first-order valence-electron chi connectivity index (χ1n) is 8.80. The summed E-state index contributed by atoms with van der Waals surface area (Å²) < 4.78 is 19.2. The Hall–Kier alpha value is -3.15. The smallest absolute Gasteiger partial charge is 0.306 e. The number of nitrogens with zero attached hydrogens (tertiary/aromatic N) is 1. The predicted octanol–water partition coefficient (Wildman–Crippen LogP) is 4.65. The van der Waals surface area contributed by atoms with Crippen LogP contribution in [0.5, 0.6) is 5.75 Å². The molecule has 5 nitrogen and oxygen atoms in total. The lowest BCUT2D eigenvalue weighted by Crippen LogP contribution is -2.16. The third kappa shape index (κ3) is 3.18. The number of ether oxygens (including phenoxy) is 1. The SMILES string of the molecule is COc1ccc(F)cc1-c1ccnc2[nH]c(C3=CCCC(C(=O)O)C3)cc12. The predicted molar refractivity (Wildman–Crippen MR) is 101 cm³/mol. The maximum absolute atomic E-state index is 13.8. The van der Waals surface area contributed by atoms with Gasteiger partial charge >= 0.3 is 5.97 Å². The van der Waals surface area contributed by atoms with Gasteiger partial charge in [-0.2, -0.15) is 0 Å². The summed E-state index contributed by atoms with van der Waals surface area (Å²) >= 11 is 0. The summed E-state index contributed by atoms with van der Waals surface area (Å²) in [6.07, 6.45) is 5.62.